The van der Waals surface area contributed by atoms with E-state index in [1.807, 2.05) is 0 Å². The standard InChI is InChI=1S/C35H53F3N6O14S3.C17H23F3N2O6S2/c36-28-29(37)33(31(30(38)32(28)61(40,55)56)43-21-6-4-2-1-3-5-7-21)60(53,54)15-9-26(47)41-10-12-58-14-13-57-11-8-25(46)42-18-22(39)34(50)44-23(17-27(48)49)24(45)16-20(19-59)35(51)52;18-12-13(19)17(29(25,26)9-8-11(23)24)15(14(20)16(12)30(21,27)28)22-10-6-4-2-1-3-5-7-10/h20-23,43,59H,1-19,39H2,(H,41,47)(H,42,46)(H,44,50)(H,48,49)(H,51,52)(H2,40,55,56);10,22H,1-9H2,(H,23,24)(H2,21,27,28)/t20-,22-,23-;/m0./s1. The molecule has 3 atom stereocenters. The molecule has 0 spiro atoms. The lowest BCUT2D eigenvalue weighted by Gasteiger charge is -2.25. The number of benzene rings is 2. The van der Waals surface area contributed by atoms with Crippen molar-refractivity contribution in [3.63, 3.8) is 0 Å². The van der Waals surface area contributed by atoms with E-state index < -0.39 is 221 Å². The van der Waals surface area contributed by atoms with Gasteiger partial charge in [-0.25, -0.2) is 70.3 Å². The smallest absolute Gasteiger partial charge is 0.307 e. The number of nitrogens with one attached hydrogen (secondary N) is 5. The third-order valence-corrected chi connectivity index (χ3v) is 19.9. The van der Waals surface area contributed by atoms with Crippen LogP contribution < -0.4 is 42.6 Å². The molecule has 91 heavy (non-hydrogen) atoms. The predicted octanol–water partition coefficient (Wildman–Crippen LogP) is 2.50. The molecule has 0 unspecified atom stereocenters. The maximum Gasteiger partial charge on any atom is 0.307 e. The van der Waals surface area contributed by atoms with Gasteiger partial charge < -0.3 is 57.1 Å². The Morgan fingerprint density at radius 3 is 1.34 bits per heavy atom. The molecule has 0 aromatic heterocycles. The second-order valence-electron chi connectivity index (χ2n) is 21.2. The van der Waals surface area contributed by atoms with E-state index in [1.54, 1.807) is 0 Å². The second-order valence-corrected chi connectivity index (χ2v) is 28.7. The molecule has 0 bridgehead atoms. The van der Waals surface area contributed by atoms with Crippen LogP contribution in [0.5, 0.6) is 0 Å². The molecule has 3 amide bonds. The van der Waals surface area contributed by atoms with Crippen molar-refractivity contribution in [3.05, 3.63) is 34.9 Å². The summed E-state index contributed by atoms with van der Waals surface area (Å²) >= 11 is 3.85. The number of halogens is 6. The van der Waals surface area contributed by atoms with Crippen LogP contribution in [0.3, 0.4) is 0 Å². The summed E-state index contributed by atoms with van der Waals surface area (Å²) in [5.74, 6) is -23.7. The van der Waals surface area contributed by atoms with Crippen molar-refractivity contribution in [1.29, 1.82) is 0 Å². The molecule has 4 rings (SSSR count). The average molecular weight is 1410 g/mol. The van der Waals surface area contributed by atoms with Gasteiger partial charge in [-0.1, -0.05) is 64.2 Å². The highest BCUT2D eigenvalue weighted by atomic mass is 32.2. The third kappa shape index (κ3) is 25.5. The Balaban J connectivity index is 0.000000599. The maximum atomic E-state index is 15.6. The Morgan fingerprint density at radius 1 is 0.527 bits per heavy atom. The number of amides is 3. The fourth-order valence-electron chi connectivity index (χ4n) is 9.40. The van der Waals surface area contributed by atoms with Gasteiger partial charge in [0.1, 0.15) is 15.8 Å². The second kappa shape index (κ2) is 37.1. The van der Waals surface area contributed by atoms with Crippen LogP contribution in [0.1, 0.15) is 122 Å². The lowest BCUT2D eigenvalue weighted by molar-refractivity contribution is -0.143. The van der Waals surface area contributed by atoms with Crippen molar-refractivity contribution in [2.24, 2.45) is 21.9 Å². The summed E-state index contributed by atoms with van der Waals surface area (Å²) < 4.78 is 199. The fraction of sp³-hybridized carbons (Fsp3) is 0.635. The third-order valence-electron chi connectivity index (χ3n) is 14.1. The van der Waals surface area contributed by atoms with Crippen molar-refractivity contribution in [2.45, 2.75) is 166 Å². The molecule has 0 heterocycles. The van der Waals surface area contributed by atoms with Crippen molar-refractivity contribution in [1.82, 2.24) is 16.0 Å². The van der Waals surface area contributed by atoms with Crippen molar-refractivity contribution >= 4 is 105 Å². The van der Waals surface area contributed by atoms with Gasteiger partial charge in [0, 0.05) is 50.2 Å². The number of hydrogen-bond acceptors (Lipinski definition) is 21. The summed E-state index contributed by atoms with van der Waals surface area (Å²) in [4.78, 5) is 76.1. The van der Waals surface area contributed by atoms with E-state index in [-0.39, 0.29) is 45.1 Å². The minimum absolute atomic E-state index is 0.00348. The minimum Gasteiger partial charge on any atom is -0.481 e. The summed E-state index contributed by atoms with van der Waals surface area (Å²) in [6, 6.07) is -4.06. The lowest BCUT2D eigenvalue weighted by atomic mass is 9.96. The molecule has 2 aromatic carbocycles. The fourth-order valence-corrected chi connectivity index (χ4v) is 14.0. The molecule has 28 nitrogen and oxygen atoms in total. The van der Waals surface area contributed by atoms with E-state index >= 15 is 13.2 Å². The number of aliphatic carboxylic acids is 3. The zero-order valence-electron chi connectivity index (χ0n) is 49.0. The number of thiol groups is 1. The highest BCUT2D eigenvalue weighted by molar-refractivity contribution is 7.92. The molecule has 516 valence electrons. The van der Waals surface area contributed by atoms with E-state index in [2.05, 4.69) is 39.2 Å². The van der Waals surface area contributed by atoms with Crippen LogP contribution in [-0.2, 0) is 82.8 Å². The zero-order chi connectivity index (χ0) is 68.6. The number of anilines is 2. The quantitative estimate of drug-likeness (QED) is 0.0207. The van der Waals surface area contributed by atoms with Crippen molar-refractivity contribution in [3.8, 4) is 0 Å². The first-order valence-electron chi connectivity index (χ1n) is 28.5. The van der Waals surface area contributed by atoms with Gasteiger partial charge in [0.25, 0.3) is 0 Å². The number of rotatable bonds is 34. The number of primary sulfonamides is 2. The van der Waals surface area contributed by atoms with E-state index in [9.17, 15) is 80.4 Å². The highest BCUT2D eigenvalue weighted by Gasteiger charge is 2.39. The largest absolute Gasteiger partial charge is 0.481 e. The highest BCUT2D eigenvalue weighted by Crippen LogP contribution is 2.39. The van der Waals surface area contributed by atoms with Gasteiger partial charge in [0.2, 0.25) is 37.8 Å². The number of ether oxygens (including phenoxy) is 2. The monoisotopic (exact) mass is 1410 g/mol. The molecule has 2 aromatic rings. The number of sulfone groups is 2. The normalized spacial score (nSPS) is 15.8. The lowest BCUT2D eigenvalue weighted by Crippen LogP contribution is -2.53. The Kier molecular flexibility index (Phi) is 32.3. The van der Waals surface area contributed by atoms with Crippen LogP contribution in [0.15, 0.2) is 19.6 Å². The first kappa shape index (κ1) is 79.3. The zero-order valence-corrected chi connectivity index (χ0v) is 53.2. The van der Waals surface area contributed by atoms with Crippen LogP contribution in [0.2, 0.25) is 0 Å². The topological polar surface area (TPSA) is 473 Å². The predicted molar refractivity (Wildman–Crippen MR) is 315 cm³/mol. The molecule has 2 aliphatic rings. The average Bonchev–Trinajstić information content (AvgIpc) is 0.785. The number of sulfonamides is 2. The van der Waals surface area contributed by atoms with Crippen LogP contribution in [0.4, 0.5) is 37.7 Å². The Labute approximate surface area is 527 Å². The summed E-state index contributed by atoms with van der Waals surface area (Å²) in [7, 11) is -20.0. The van der Waals surface area contributed by atoms with E-state index in [0.29, 0.717) is 51.4 Å². The summed E-state index contributed by atoms with van der Waals surface area (Å²) in [6.07, 6.45) is 6.63. The number of nitrogens with two attached hydrogens (primary N) is 3. The van der Waals surface area contributed by atoms with Gasteiger partial charge in [0.05, 0.1) is 74.1 Å². The summed E-state index contributed by atoms with van der Waals surface area (Å²) in [5, 5.41) is 48.7. The summed E-state index contributed by atoms with van der Waals surface area (Å²) in [6.45, 7) is -0.689. The first-order chi connectivity index (χ1) is 42.5. The molecule has 39 heteroatoms. The minimum atomic E-state index is -5.17. The van der Waals surface area contributed by atoms with Gasteiger partial charge in [-0.05, 0) is 25.7 Å². The van der Waals surface area contributed by atoms with E-state index in [4.69, 9.17) is 40.8 Å². The number of carbonyl (C=O) groups is 7. The van der Waals surface area contributed by atoms with Crippen LogP contribution in [0.25, 0.3) is 0 Å². The summed E-state index contributed by atoms with van der Waals surface area (Å²) in [5.41, 5.74) is 3.63. The molecular weight excluding hydrogens is 1330 g/mol. The maximum absolute atomic E-state index is 15.6. The first-order valence-corrected chi connectivity index (χ1v) is 35.5. The molecule has 0 aliphatic heterocycles. The van der Waals surface area contributed by atoms with E-state index in [0.717, 1.165) is 38.5 Å². The van der Waals surface area contributed by atoms with Crippen LogP contribution in [-0.4, -0.2) is 171 Å². The molecule has 0 radical (unpaired) electrons. The number of carboxylic acids is 3. The van der Waals surface area contributed by atoms with Crippen LogP contribution >= 0.6 is 12.6 Å². The number of ketones is 1. The molecule has 2 saturated carbocycles. The van der Waals surface area contributed by atoms with E-state index in [1.165, 1.54) is 0 Å². The van der Waals surface area contributed by atoms with Gasteiger partial charge >= 0.3 is 17.9 Å². The number of carboxylic acid groups (broad SMARTS) is 3. The molecular formula is C52H76F6N8O20S5. The molecule has 2 fully saturated rings. The number of Topliss-reactive ketones (excluding diaryl/α,β-unsaturated/α-hetero) is 1. The number of carbonyl (C=O) groups excluding carboxylic acids is 4. The molecule has 0 saturated heterocycles. The van der Waals surface area contributed by atoms with Crippen molar-refractivity contribution in [2.75, 3.05) is 67.4 Å². The van der Waals surface area contributed by atoms with Crippen LogP contribution in [0, 0.1) is 40.8 Å². The SMILES string of the molecule is NS(=O)(=O)c1c(F)c(F)c(S(=O)(=O)CCC(=O)O)c(NC2CCCCCCC2)c1F.N[C@@H](CNC(=O)CCOCCOCCNC(=O)CCS(=O)(=O)c1c(F)c(F)c(S(N)(=O)=O)c(F)c1NC1CCCCCCC1)C(=O)N[C@@H](CC(=O)O)C(=O)C[C@@H](CS)C(=O)O. The molecule has 2 aliphatic carbocycles. The van der Waals surface area contributed by atoms with Gasteiger partial charge in [0.15, 0.2) is 70.2 Å². The molecule has 14 N–H and O–H groups in total. The van der Waals surface area contributed by atoms with Gasteiger partial charge in [-0.3, -0.25) is 33.6 Å². The van der Waals surface area contributed by atoms with Gasteiger partial charge in [-0.15, -0.1) is 0 Å². The number of hydrogen-bond donors (Lipinski definition) is 12. The van der Waals surface area contributed by atoms with Crippen molar-refractivity contribution < 1.29 is 118 Å². The Bertz CT molecular complexity index is 3380. The van der Waals surface area contributed by atoms with Gasteiger partial charge in [-0.2, -0.15) is 12.6 Å². The Hall–Kier alpha value is -5.94. The Morgan fingerprint density at radius 2 is 0.934 bits per heavy atom.